The molecule has 1 aliphatic carbocycles. The van der Waals surface area contributed by atoms with Gasteiger partial charge in [-0.1, -0.05) is 40.0 Å². The SMILES string of the molecule is CC[Si](CC)(CC)OC(C)C1CCCCC1. The third kappa shape index (κ3) is 3.59. The second-order valence-corrected chi connectivity index (χ2v) is 10.2. The molecule has 0 spiro atoms. The van der Waals surface area contributed by atoms with Gasteiger partial charge in [-0.3, -0.25) is 0 Å². The van der Waals surface area contributed by atoms with Crippen molar-refractivity contribution >= 4 is 8.32 Å². The molecule has 1 rings (SSSR count). The van der Waals surface area contributed by atoms with Gasteiger partial charge in [0, 0.05) is 6.10 Å². The quantitative estimate of drug-likeness (QED) is 0.597. The minimum Gasteiger partial charge on any atom is -0.414 e. The summed E-state index contributed by atoms with van der Waals surface area (Å²) < 4.78 is 6.56. The van der Waals surface area contributed by atoms with E-state index in [4.69, 9.17) is 4.43 Å². The van der Waals surface area contributed by atoms with Crippen LogP contribution in [-0.4, -0.2) is 14.4 Å². The van der Waals surface area contributed by atoms with E-state index in [0.717, 1.165) is 5.92 Å². The molecule has 0 bridgehead atoms. The monoisotopic (exact) mass is 242 g/mol. The van der Waals surface area contributed by atoms with Crippen LogP contribution in [0.4, 0.5) is 0 Å². The Morgan fingerprint density at radius 2 is 1.50 bits per heavy atom. The Labute approximate surface area is 103 Å². The second kappa shape index (κ2) is 6.80. The van der Waals surface area contributed by atoms with E-state index in [1.807, 2.05) is 0 Å². The molecule has 96 valence electrons. The molecule has 0 heterocycles. The van der Waals surface area contributed by atoms with Gasteiger partial charge in [0.2, 0.25) is 0 Å². The number of hydrogen-bond acceptors (Lipinski definition) is 1. The summed E-state index contributed by atoms with van der Waals surface area (Å²) in [6.45, 7) is 9.31. The maximum atomic E-state index is 6.56. The number of rotatable bonds is 6. The highest BCUT2D eigenvalue weighted by Crippen LogP contribution is 2.32. The van der Waals surface area contributed by atoms with E-state index in [1.165, 1.54) is 50.2 Å². The summed E-state index contributed by atoms with van der Waals surface area (Å²) >= 11 is 0. The van der Waals surface area contributed by atoms with Crippen LogP contribution < -0.4 is 0 Å². The van der Waals surface area contributed by atoms with Crippen molar-refractivity contribution in [3.63, 3.8) is 0 Å². The Bertz CT molecular complexity index is 175. The molecule has 1 nitrogen and oxygen atoms in total. The Morgan fingerprint density at radius 3 is 1.94 bits per heavy atom. The van der Waals surface area contributed by atoms with Crippen molar-refractivity contribution in [1.29, 1.82) is 0 Å². The zero-order chi connectivity index (χ0) is 12.0. The van der Waals surface area contributed by atoms with Crippen LogP contribution in [0.15, 0.2) is 0 Å². The lowest BCUT2D eigenvalue weighted by atomic mass is 9.86. The van der Waals surface area contributed by atoms with Crippen molar-refractivity contribution in [2.45, 2.75) is 84.0 Å². The molecule has 1 fully saturated rings. The van der Waals surface area contributed by atoms with Crippen LogP contribution in [0.1, 0.15) is 59.8 Å². The lowest BCUT2D eigenvalue weighted by Crippen LogP contribution is -2.41. The molecule has 1 atom stereocenters. The summed E-state index contributed by atoms with van der Waals surface area (Å²) in [6.07, 6.45) is 7.63. The fraction of sp³-hybridized carbons (Fsp3) is 1.00. The van der Waals surface area contributed by atoms with Gasteiger partial charge in [0.05, 0.1) is 0 Å². The van der Waals surface area contributed by atoms with Crippen molar-refractivity contribution in [3.05, 3.63) is 0 Å². The summed E-state index contributed by atoms with van der Waals surface area (Å²) in [6, 6.07) is 3.87. The highest BCUT2D eigenvalue weighted by atomic mass is 28.4. The summed E-state index contributed by atoms with van der Waals surface area (Å²) in [5.74, 6) is 0.852. The molecular formula is C14H30OSi. The maximum absolute atomic E-state index is 6.56. The van der Waals surface area contributed by atoms with Gasteiger partial charge in [0.15, 0.2) is 8.32 Å². The lowest BCUT2D eigenvalue weighted by Gasteiger charge is -2.36. The highest BCUT2D eigenvalue weighted by Gasteiger charge is 2.33. The predicted molar refractivity (Wildman–Crippen MR) is 74.3 cm³/mol. The molecule has 0 aromatic heterocycles. The van der Waals surface area contributed by atoms with Crippen LogP contribution in [0.25, 0.3) is 0 Å². The average molecular weight is 242 g/mol. The third-order valence-corrected chi connectivity index (χ3v) is 9.42. The summed E-state index contributed by atoms with van der Waals surface area (Å²) in [5.41, 5.74) is 0. The van der Waals surface area contributed by atoms with Gasteiger partial charge in [0.1, 0.15) is 0 Å². The Hall–Kier alpha value is 0.177. The van der Waals surface area contributed by atoms with Crippen molar-refractivity contribution in [2.75, 3.05) is 0 Å². The Morgan fingerprint density at radius 1 is 1.00 bits per heavy atom. The molecule has 2 heteroatoms. The van der Waals surface area contributed by atoms with E-state index < -0.39 is 8.32 Å². The molecule has 1 aliphatic rings. The largest absolute Gasteiger partial charge is 0.414 e. The first-order valence-corrected chi connectivity index (χ1v) is 9.88. The zero-order valence-corrected chi connectivity index (χ0v) is 12.7. The molecule has 0 aliphatic heterocycles. The molecule has 0 amide bonds. The van der Waals surface area contributed by atoms with E-state index >= 15 is 0 Å². The molecular weight excluding hydrogens is 212 g/mol. The minimum atomic E-state index is -1.36. The predicted octanol–water partition coefficient (Wildman–Crippen LogP) is 4.98. The second-order valence-electron chi connectivity index (χ2n) is 5.46. The minimum absolute atomic E-state index is 0.520. The van der Waals surface area contributed by atoms with Gasteiger partial charge >= 0.3 is 0 Å². The summed E-state index contributed by atoms with van der Waals surface area (Å²) in [7, 11) is -1.36. The molecule has 0 radical (unpaired) electrons. The number of hydrogen-bond donors (Lipinski definition) is 0. The summed E-state index contributed by atoms with van der Waals surface area (Å²) in [5, 5.41) is 0. The standard InChI is InChI=1S/C14H30OSi/c1-5-16(6-2,7-3)15-13(4)14-11-9-8-10-12-14/h13-14H,5-12H2,1-4H3. The van der Waals surface area contributed by atoms with Gasteiger partial charge in [-0.2, -0.15) is 0 Å². The van der Waals surface area contributed by atoms with Gasteiger partial charge in [0.25, 0.3) is 0 Å². The molecule has 16 heavy (non-hydrogen) atoms. The third-order valence-electron chi connectivity index (χ3n) is 4.68. The zero-order valence-electron chi connectivity index (χ0n) is 11.7. The van der Waals surface area contributed by atoms with Crippen LogP contribution in [-0.2, 0) is 4.43 Å². The molecule has 1 unspecified atom stereocenters. The molecule has 0 aromatic carbocycles. The van der Waals surface area contributed by atoms with Crippen LogP contribution in [0, 0.1) is 5.92 Å². The summed E-state index contributed by atoms with van der Waals surface area (Å²) in [4.78, 5) is 0. The van der Waals surface area contributed by atoms with E-state index in [1.54, 1.807) is 0 Å². The van der Waals surface area contributed by atoms with Crippen LogP contribution in [0.3, 0.4) is 0 Å². The van der Waals surface area contributed by atoms with Gasteiger partial charge in [-0.15, -0.1) is 0 Å². The van der Waals surface area contributed by atoms with E-state index in [0.29, 0.717) is 6.10 Å². The van der Waals surface area contributed by atoms with Crippen LogP contribution >= 0.6 is 0 Å². The Kier molecular flexibility index (Phi) is 6.05. The fourth-order valence-electron chi connectivity index (χ4n) is 3.09. The average Bonchev–Trinajstić information content (AvgIpc) is 2.37. The first-order valence-electron chi connectivity index (χ1n) is 7.35. The maximum Gasteiger partial charge on any atom is 0.192 e. The molecule has 1 saturated carbocycles. The van der Waals surface area contributed by atoms with Crippen LogP contribution in [0.5, 0.6) is 0 Å². The lowest BCUT2D eigenvalue weighted by molar-refractivity contribution is 0.112. The van der Waals surface area contributed by atoms with E-state index in [-0.39, 0.29) is 0 Å². The molecule has 0 N–H and O–H groups in total. The highest BCUT2D eigenvalue weighted by molar-refractivity contribution is 6.73. The van der Waals surface area contributed by atoms with E-state index in [9.17, 15) is 0 Å². The van der Waals surface area contributed by atoms with Gasteiger partial charge in [-0.25, -0.2) is 0 Å². The topological polar surface area (TPSA) is 9.23 Å². The van der Waals surface area contributed by atoms with Crippen LogP contribution in [0.2, 0.25) is 18.1 Å². The normalized spacial score (nSPS) is 21.0. The van der Waals surface area contributed by atoms with E-state index in [2.05, 4.69) is 27.7 Å². The van der Waals surface area contributed by atoms with Gasteiger partial charge < -0.3 is 4.43 Å². The molecule has 0 saturated heterocycles. The van der Waals surface area contributed by atoms with Crippen molar-refractivity contribution in [2.24, 2.45) is 5.92 Å². The smallest absolute Gasteiger partial charge is 0.192 e. The van der Waals surface area contributed by atoms with Crippen molar-refractivity contribution in [1.82, 2.24) is 0 Å². The first-order chi connectivity index (χ1) is 7.67. The van der Waals surface area contributed by atoms with Crippen molar-refractivity contribution < 1.29 is 4.43 Å². The first kappa shape index (κ1) is 14.2. The van der Waals surface area contributed by atoms with Gasteiger partial charge in [-0.05, 0) is 43.8 Å². The Balaban J connectivity index is 2.49. The molecule has 0 aromatic rings. The van der Waals surface area contributed by atoms with Crippen molar-refractivity contribution in [3.8, 4) is 0 Å². The fourth-order valence-corrected chi connectivity index (χ4v) is 6.08.